The molecule has 0 aromatic carbocycles. The number of carbonyl (C=O) groups is 1. The fourth-order valence-electron chi connectivity index (χ4n) is 1.63. The van der Waals surface area contributed by atoms with Crippen LogP contribution in [0.25, 0.3) is 0 Å². The van der Waals surface area contributed by atoms with E-state index >= 15 is 0 Å². The number of hydrogen-bond acceptors (Lipinski definition) is 4. The number of thiophene rings is 1. The number of nitrogens with zero attached hydrogens (tertiary/aromatic N) is 2. The van der Waals surface area contributed by atoms with Gasteiger partial charge in [-0.05, 0) is 48.0 Å². The summed E-state index contributed by atoms with van der Waals surface area (Å²) in [5, 5.41) is 12.0. The van der Waals surface area contributed by atoms with Gasteiger partial charge in [0.2, 0.25) is 5.91 Å². The first kappa shape index (κ1) is 17.2. The van der Waals surface area contributed by atoms with E-state index in [0.717, 1.165) is 3.79 Å². The van der Waals surface area contributed by atoms with Crippen molar-refractivity contribution in [3.8, 4) is 6.07 Å². The highest BCUT2D eigenvalue weighted by Gasteiger charge is 2.30. The van der Waals surface area contributed by atoms with Crippen LogP contribution in [0.2, 0.25) is 0 Å². The molecule has 20 heavy (non-hydrogen) atoms. The van der Waals surface area contributed by atoms with E-state index < -0.39 is 5.54 Å². The molecule has 1 atom stereocenters. The summed E-state index contributed by atoms with van der Waals surface area (Å²) < 4.78 is 1.09. The first-order valence-electron chi connectivity index (χ1n) is 6.42. The van der Waals surface area contributed by atoms with Crippen LogP contribution in [0.15, 0.2) is 15.9 Å². The first-order chi connectivity index (χ1) is 9.26. The lowest BCUT2D eigenvalue weighted by Crippen LogP contribution is -2.51. The topological polar surface area (TPSA) is 56.1 Å². The number of nitrogens with one attached hydrogen (secondary N) is 1. The minimum atomic E-state index is -0.816. The van der Waals surface area contributed by atoms with E-state index in [0.29, 0.717) is 6.54 Å². The van der Waals surface area contributed by atoms with Gasteiger partial charge in [-0.15, -0.1) is 11.3 Å². The van der Waals surface area contributed by atoms with Crippen molar-refractivity contribution in [3.05, 3.63) is 20.8 Å². The average molecular weight is 358 g/mol. The highest BCUT2D eigenvalue weighted by Crippen LogP contribution is 2.23. The molecule has 110 valence electrons. The molecule has 0 aliphatic heterocycles. The van der Waals surface area contributed by atoms with E-state index in [9.17, 15) is 10.1 Å². The van der Waals surface area contributed by atoms with Crippen molar-refractivity contribution >= 4 is 33.2 Å². The third kappa shape index (κ3) is 4.89. The van der Waals surface area contributed by atoms with Crippen molar-refractivity contribution in [1.82, 2.24) is 10.2 Å². The number of carbonyl (C=O) groups excluding carboxylic acids is 1. The summed E-state index contributed by atoms with van der Waals surface area (Å²) in [5.41, 5.74) is -0.816. The largest absolute Gasteiger partial charge is 0.337 e. The lowest BCUT2D eigenvalue weighted by Gasteiger charge is -2.28. The Labute approximate surface area is 132 Å². The number of amides is 1. The van der Waals surface area contributed by atoms with Crippen molar-refractivity contribution in [2.24, 2.45) is 5.92 Å². The zero-order valence-electron chi connectivity index (χ0n) is 12.2. The van der Waals surface area contributed by atoms with Gasteiger partial charge in [0.25, 0.3) is 0 Å². The normalized spacial score (nSPS) is 14.1. The fourth-order valence-corrected chi connectivity index (χ4v) is 3.20. The van der Waals surface area contributed by atoms with E-state index in [1.54, 1.807) is 18.3 Å². The molecule has 1 unspecified atom stereocenters. The molecule has 0 spiro atoms. The summed E-state index contributed by atoms with van der Waals surface area (Å²) >= 11 is 5.08. The molecule has 1 aromatic rings. The van der Waals surface area contributed by atoms with Crippen molar-refractivity contribution in [2.45, 2.75) is 32.9 Å². The van der Waals surface area contributed by atoms with Crippen LogP contribution >= 0.6 is 27.3 Å². The second-order valence-corrected chi connectivity index (χ2v) is 7.94. The molecule has 1 heterocycles. The summed E-state index contributed by atoms with van der Waals surface area (Å²) in [6.45, 7) is 6.60. The van der Waals surface area contributed by atoms with Crippen LogP contribution in [0.1, 0.15) is 25.6 Å². The molecule has 6 heteroatoms. The average Bonchev–Trinajstić information content (AvgIpc) is 2.73. The number of nitriles is 1. The lowest BCUT2D eigenvalue weighted by atomic mass is 9.90. The highest BCUT2D eigenvalue weighted by atomic mass is 79.9. The van der Waals surface area contributed by atoms with Crippen molar-refractivity contribution in [1.29, 1.82) is 5.26 Å². The summed E-state index contributed by atoms with van der Waals surface area (Å²) in [6, 6.07) is 6.22. The zero-order chi connectivity index (χ0) is 15.3. The van der Waals surface area contributed by atoms with Gasteiger partial charge in [-0.1, -0.05) is 13.8 Å². The quantitative estimate of drug-likeness (QED) is 0.851. The van der Waals surface area contributed by atoms with Gasteiger partial charge in [0.05, 0.1) is 16.4 Å². The Hall–Kier alpha value is -0.900. The Bertz CT molecular complexity index is 509. The summed E-state index contributed by atoms with van der Waals surface area (Å²) in [7, 11) is 1.90. The van der Waals surface area contributed by atoms with Crippen LogP contribution in [0.4, 0.5) is 0 Å². The molecule has 1 N–H and O–H groups in total. The van der Waals surface area contributed by atoms with E-state index in [2.05, 4.69) is 27.3 Å². The maximum absolute atomic E-state index is 12.0. The van der Waals surface area contributed by atoms with Crippen LogP contribution < -0.4 is 5.32 Å². The lowest BCUT2D eigenvalue weighted by molar-refractivity contribution is -0.123. The Balaban J connectivity index is 2.52. The van der Waals surface area contributed by atoms with E-state index in [-0.39, 0.29) is 18.4 Å². The van der Waals surface area contributed by atoms with Crippen LogP contribution in [-0.4, -0.2) is 29.9 Å². The highest BCUT2D eigenvalue weighted by molar-refractivity contribution is 9.11. The van der Waals surface area contributed by atoms with Crippen LogP contribution in [0.5, 0.6) is 0 Å². The second-order valence-electron chi connectivity index (χ2n) is 5.40. The predicted molar refractivity (Wildman–Crippen MR) is 85.4 cm³/mol. The van der Waals surface area contributed by atoms with Gasteiger partial charge in [-0.2, -0.15) is 5.26 Å². The minimum Gasteiger partial charge on any atom is -0.337 e. The number of rotatable bonds is 6. The molecule has 0 fully saturated rings. The summed E-state index contributed by atoms with van der Waals surface area (Å²) in [4.78, 5) is 15.1. The minimum absolute atomic E-state index is 0.0648. The van der Waals surface area contributed by atoms with Gasteiger partial charge in [-0.25, -0.2) is 0 Å². The van der Waals surface area contributed by atoms with Crippen LogP contribution in [-0.2, 0) is 11.3 Å². The molecule has 0 saturated heterocycles. The SMILES string of the molecule is CC(C)C(C)(C#N)NC(=O)CN(C)Cc1ccc(Br)s1. The smallest absolute Gasteiger partial charge is 0.235 e. The number of hydrogen-bond donors (Lipinski definition) is 1. The fraction of sp³-hybridized carbons (Fsp3) is 0.571. The van der Waals surface area contributed by atoms with Gasteiger partial charge in [-0.3, -0.25) is 9.69 Å². The third-order valence-corrected chi connectivity index (χ3v) is 4.86. The van der Waals surface area contributed by atoms with Gasteiger partial charge < -0.3 is 5.32 Å². The van der Waals surface area contributed by atoms with E-state index in [4.69, 9.17) is 0 Å². The second kappa shape index (κ2) is 7.21. The first-order valence-corrected chi connectivity index (χ1v) is 8.03. The molecule has 1 rings (SSSR count). The summed E-state index contributed by atoms with van der Waals surface area (Å²) in [5.74, 6) is -0.0594. The van der Waals surface area contributed by atoms with Gasteiger partial charge in [0.15, 0.2) is 0 Å². The number of halogens is 1. The molecular formula is C14H20BrN3OS. The molecule has 0 bridgehead atoms. The maximum Gasteiger partial charge on any atom is 0.235 e. The molecular weight excluding hydrogens is 338 g/mol. The van der Waals surface area contributed by atoms with E-state index in [1.165, 1.54) is 4.88 Å². The monoisotopic (exact) mass is 357 g/mol. The van der Waals surface area contributed by atoms with Crippen LogP contribution in [0.3, 0.4) is 0 Å². The van der Waals surface area contributed by atoms with Crippen molar-refractivity contribution < 1.29 is 4.79 Å². The van der Waals surface area contributed by atoms with Crippen LogP contribution in [0, 0.1) is 17.2 Å². The third-order valence-electron chi connectivity index (χ3n) is 3.25. The Morgan fingerprint density at radius 2 is 2.25 bits per heavy atom. The summed E-state index contributed by atoms with van der Waals surface area (Å²) in [6.07, 6.45) is 0. The van der Waals surface area contributed by atoms with Gasteiger partial charge in [0, 0.05) is 11.4 Å². The van der Waals surface area contributed by atoms with Gasteiger partial charge in [0.1, 0.15) is 5.54 Å². The maximum atomic E-state index is 12.0. The molecule has 1 aromatic heterocycles. The Kier molecular flexibility index (Phi) is 6.18. The van der Waals surface area contributed by atoms with Crippen molar-refractivity contribution in [2.75, 3.05) is 13.6 Å². The molecule has 0 saturated carbocycles. The molecule has 4 nitrogen and oxygen atoms in total. The van der Waals surface area contributed by atoms with E-state index in [1.807, 2.05) is 37.9 Å². The molecule has 1 amide bonds. The predicted octanol–water partition coefficient (Wildman–Crippen LogP) is 3.00. The molecule has 0 aliphatic carbocycles. The molecule has 0 aliphatic rings. The number of likely N-dealkylation sites (N-methyl/N-ethyl adjacent to an activating group) is 1. The molecule has 0 radical (unpaired) electrons. The Morgan fingerprint density at radius 1 is 1.60 bits per heavy atom. The van der Waals surface area contributed by atoms with Crippen molar-refractivity contribution in [3.63, 3.8) is 0 Å². The zero-order valence-corrected chi connectivity index (χ0v) is 14.6. The van der Waals surface area contributed by atoms with Gasteiger partial charge >= 0.3 is 0 Å². The Morgan fingerprint density at radius 3 is 2.70 bits per heavy atom. The standard InChI is InChI=1S/C14H20BrN3OS/c1-10(2)14(3,9-16)17-13(19)8-18(4)7-11-5-6-12(15)20-11/h5-6,10H,7-8H2,1-4H3,(H,17,19).